The Hall–Kier alpha value is -0.810. The maximum Gasteiger partial charge on any atom is 0.160 e. The van der Waals surface area contributed by atoms with E-state index in [1.807, 2.05) is 0 Å². The average molecular weight is 278 g/mol. The van der Waals surface area contributed by atoms with Gasteiger partial charge in [0, 0.05) is 16.6 Å². The van der Waals surface area contributed by atoms with Gasteiger partial charge < -0.3 is 15.2 Å². The first-order chi connectivity index (χ1) is 7.10. The van der Waals surface area contributed by atoms with Crippen LogP contribution in [0.15, 0.2) is 16.6 Å². The fourth-order valence-corrected chi connectivity index (χ4v) is 1.83. The maximum absolute atomic E-state index is 13.6. The fraction of sp³-hybridized carbons (Fsp3) is 0.400. The molecule has 3 nitrogen and oxygen atoms in total. The van der Waals surface area contributed by atoms with Gasteiger partial charge in [0.15, 0.2) is 11.5 Å². The molecular weight excluding hydrogens is 265 g/mol. The molecule has 0 radical (unpaired) electrons. The van der Waals surface area contributed by atoms with Gasteiger partial charge in [-0.3, -0.25) is 0 Å². The predicted molar refractivity (Wildman–Crippen MR) is 60.1 cm³/mol. The number of benzene rings is 1. The maximum atomic E-state index is 13.6. The molecule has 15 heavy (non-hydrogen) atoms. The third-order valence-electron chi connectivity index (χ3n) is 2.02. The largest absolute Gasteiger partial charge is 0.504 e. The number of alkyl halides is 1. The van der Waals surface area contributed by atoms with E-state index in [9.17, 15) is 9.50 Å². The van der Waals surface area contributed by atoms with E-state index >= 15 is 0 Å². The molecule has 5 heteroatoms. The molecule has 1 atom stereocenters. The van der Waals surface area contributed by atoms with Gasteiger partial charge in [-0.25, -0.2) is 4.39 Å². The molecule has 1 aromatic carbocycles. The van der Waals surface area contributed by atoms with Crippen molar-refractivity contribution in [1.29, 1.82) is 0 Å². The number of phenols is 1. The van der Waals surface area contributed by atoms with E-state index in [0.717, 1.165) is 0 Å². The predicted octanol–water partition coefficient (Wildman–Crippen LogP) is 2.39. The summed E-state index contributed by atoms with van der Waals surface area (Å²) in [4.78, 5) is 0. The van der Waals surface area contributed by atoms with Crippen LogP contribution in [0, 0.1) is 0 Å². The molecule has 1 rings (SSSR count). The van der Waals surface area contributed by atoms with Crippen molar-refractivity contribution in [2.75, 3.05) is 20.7 Å². The van der Waals surface area contributed by atoms with Crippen molar-refractivity contribution in [3.63, 3.8) is 0 Å². The van der Waals surface area contributed by atoms with Crippen molar-refractivity contribution in [3.8, 4) is 11.5 Å². The Labute approximate surface area is 96.4 Å². The molecule has 0 spiro atoms. The van der Waals surface area contributed by atoms with Crippen LogP contribution in [-0.2, 0) is 0 Å². The van der Waals surface area contributed by atoms with Gasteiger partial charge in [0.2, 0.25) is 0 Å². The average Bonchev–Trinajstić information content (AvgIpc) is 2.18. The first-order valence-electron chi connectivity index (χ1n) is 4.45. The molecule has 0 aliphatic rings. The van der Waals surface area contributed by atoms with Crippen molar-refractivity contribution in [2.45, 2.75) is 6.17 Å². The highest BCUT2D eigenvalue weighted by atomic mass is 79.9. The Kier molecular flexibility index (Phi) is 4.35. The summed E-state index contributed by atoms with van der Waals surface area (Å²) < 4.78 is 19.1. The molecule has 0 aliphatic carbocycles. The SMILES string of the molecule is CNCC(F)c1cc(OC)c(O)cc1Br. The van der Waals surface area contributed by atoms with E-state index < -0.39 is 6.17 Å². The highest BCUT2D eigenvalue weighted by molar-refractivity contribution is 9.10. The lowest BCUT2D eigenvalue weighted by Crippen LogP contribution is -2.14. The lowest BCUT2D eigenvalue weighted by molar-refractivity contribution is 0.329. The summed E-state index contributed by atoms with van der Waals surface area (Å²) in [5.41, 5.74) is 0.457. The monoisotopic (exact) mass is 277 g/mol. The summed E-state index contributed by atoms with van der Waals surface area (Å²) in [5, 5.41) is 12.2. The van der Waals surface area contributed by atoms with Gasteiger partial charge in [0.1, 0.15) is 6.17 Å². The van der Waals surface area contributed by atoms with Crippen molar-refractivity contribution >= 4 is 15.9 Å². The Morgan fingerprint density at radius 3 is 2.80 bits per heavy atom. The van der Waals surface area contributed by atoms with Crippen molar-refractivity contribution < 1.29 is 14.2 Å². The molecule has 0 aliphatic heterocycles. The number of rotatable bonds is 4. The number of nitrogens with one attached hydrogen (secondary N) is 1. The molecule has 0 fully saturated rings. The van der Waals surface area contributed by atoms with Crippen LogP contribution in [0.1, 0.15) is 11.7 Å². The normalized spacial score (nSPS) is 12.5. The van der Waals surface area contributed by atoms with E-state index in [2.05, 4.69) is 21.2 Å². The lowest BCUT2D eigenvalue weighted by Gasteiger charge is -2.12. The van der Waals surface area contributed by atoms with Crippen molar-refractivity contribution in [3.05, 3.63) is 22.2 Å². The lowest BCUT2D eigenvalue weighted by atomic mass is 10.1. The zero-order valence-corrected chi connectivity index (χ0v) is 10.1. The summed E-state index contributed by atoms with van der Waals surface area (Å²) in [6.07, 6.45) is -1.14. The highest BCUT2D eigenvalue weighted by Crippen LogP contribution is 2.36. The number of hydrogen-bond donors (Lipinski definition) is 2. The topological polar surface area (TPSA) is 41.5 Å². The Morgan fingerprint density at radius 1 is 1.60 bits per heavy atom. The number of hydrogen-bond acceptors (Lipinski definition) is 3. The molecule has 84 valence electrons. The quantitative estimate of drug-likeness (QED) is 0.888. The summed E-state index contributed by atoms with van der Waals surface area (Å²) in [7, 11) is 3.11. The first kappa shape index (κ1) is 12.3. The smallest absolute Gasteiger partial charge is 0.160 e. The molecule has 0 heterocycles. The molecule has 0 saturated carbocycles. The Morgan fingerprint density at radius 2 is 2.27 bits per heavy atom. The molecular formula is C10H13BrFNO2. The minimum Gasteiger partial charge on any atom is -0.504 e. The van der Waals surface area contributed by atoms with Crippen LogP contribution in [0.25, 0.3) is 0 Å². The van der Waals surface area contributed by atoms with Gasteiger partial charge >= 0.3 is 0 Å². The van der Waals surface area contributed by atoms with Gasteiger partial charge in [-0.15, -0.1) is 0 Å². The summed E-state index contributed by atoms with van der Waals surface area (Å²) in [5.74, 6) is 0.261. The minimum absolute atomic E-state index is 0.00946. The van der Waals surface area contributed by atoms with Crippen LogP contribution in [0.4, 0.5) is 4.39 Å². The van der Waals surface area contributed by atoms with E-state index in [0.29, 0.717) is 10.0 Å². The standard InChI is InChI=1S/C10H13BrFNO2/c1-13-5-8(12)6-3-10(15-2)9(14)4-7(6)11/h3-4,8,13-14H,5H2,1-2H3. The molecule has 0 aromatic heterocycles. The minimum atomic E-state index is -1.14. The second-order valence-corrected chi connectivity index (χ2v) is 3.93. The molecule has 0 amide bonds. The van der Waals surface area contributed by atoms with Crippen LogP contribution in [0.3, 0.4) is 0 Å². The Bertz CT molecular complexity index is 346. The number of phenolic OH excluding ortho intramolecular Hbond substituents is 1. The number of methoxy groups -OCH3 is 1. The van der Waals surface area contributed by atoms with Crippen LogP contribution in [0.5, 0.6) is 11.5 Å². The van der Waals surface area contributed by atoms with E-state index in [4.69, 9.17) is 4.74 Å². The molecule has 1 aromatic rings. The second kappa shape index (κ2) is 5.32. The first-order valence-corrected chi connectivity index (χ1v) is 5.24. The van der Waals surface area contributed by atoms with Gasteiger partial charge in [0.25, 0.3) is 0 Å². The van der Waals surface area contributed by atoms with Gasteiger partial charge in [-0.05, 0) is 19.2 Å². The molecule has 0 bridgehead atoms. The van der Waals surface area contributed by atoms with E-state index in [1.54, 1.807) is 7.05 Å². The third-order valence-corrected chi connectivity index (χ3v) is 2.71. The van der Waals surface area contributed by atoms with E-state index in [-0.39, 0.29) is 18.0 Å². The summed E-state index contributed by atoms with van der Waals surface area (Å²) in [6, 6.07) is 2.91. The van der Waals surface area contributed by atoms with Gasteiger partial charge in [-0.2, -0.15) is 0 Å². The number of aromatic hydroxyl groups is 1. The van der Waals surface area contributed by atoms with Crippen molar-refractivity contribution in [2.24, 2.45) is 0 Å². The fourth-order valence-electron chi connectivity index (χ4n) is 1.25. The zero-order valence-electron chi connectivity index (χ0n) is 8.55. The zero-order chi connectivity index (χ0) is 11.4. The molecule has 0 saturated heterocycles. The number of likely N-dealkylation sites (N-methyl/N-ethyl adjacent to an activating group) is 1. The van der Waals surface area contributed by atoms with E-state index in [1.165, 1.54) is 19.2 Å². The number of ether oxygens (including phenoxy) is 1. The highest BCUT2D eigenvalue weighted by Gasteiger charge is 2.16. The second-order valence-electron chi connectivity index (χ2n) is 3.07. The van der Waals surface area contributed by atoms with Gasteiger partial charge in [-0.1, -0.05) is 15.9 Å². The molecule has 1 unspecified atom stereocenters. The molecule has 2 N–H and O–H groups in total. The Balaban J connectivity index is 3.06. The summed E-state index contributed by atoms with van der Waals surface area (Å²) >= 11 is 3.20. The van der Waals surface area contributed by atoms with Crippen LogP contribution < -0.4 is 10.1 Å². The number of halogens is 2. The van der Waals surface area contributed by atoms with Crippen LogP contribution in [0.2, 0.25) is 0 Å². The summed E-state index contributed by atoms with van der Waals surface area (Å²) in [6.45, 7) is 0.215. The van der Waals surface area contributed by atoms with Crippen LogP contribution >= 0.6 is 15.9 Å². The van der Waals surface area contributed by atoms with Gasteiger partial charge in [0.05, 0.1) is 7.11 Å². The van der Waals surface area contributed by atoms with Crippen LogP contribution in [-0.4, -0.2) is 25.8 Å². The van der Waals surface area contributed by atoms with Crippen molar-refractivity contribution in [1.82, 2.24) is 5.32 Å². The third kappa shape index (κ3) is 2.82.